The molecule has 86 valence electrons. The maximum atomic E-state index is 11.6. The van der Waals surface area contributed by atoms with Crippen molar-refractivity contribution in [3.63, 3.8) is 0 Å². The van der Waals surface area contributed by atoms with Gasteiger partial charge in [-0.3, -0.25) is 4.79 Å². The van der Waals surface area contributed by atoms with Crippen LogP contribution in [0.4, 0.5) is 0 Å². The summed E-state index contributed by atoms with van der Waals surface area (Å²) >= 11 is 0. The fraction of sp³-hybridized carbons (Fsp3) is 0.800. The monoisotopic (exact) mass is 214 g/mol. The highest BCUT2D eigenvalue weighted by Gasteiger charge is 2.23. The average molecular weight is 214 g/mol. The minimum absolute atomic E-state index is 0.0445. The zero-order chi connectivity index (χ0) is 11.8. The van der Waals surface area contributed by atoms with Crippen LogP contribution in [0.1, 0.15) is 13.8 Å². The molecule has 0 fully saturated rings. The van der Waals surface area contributed by atoms with Crippen LogP contribution in [0.2, 0.25) is 0 Å². The minimum atomic E-state index is -0.684. The number of nitriles is 1. The summed E-state index contributed by atoms with van der Waals surface area (Å²) in [5.74, 6) is -1.09. The van der Waals surface area contributed by atoms with Gasteiger partial charge in [0, 0.05) is 7.11 Å². The Bertz CT molecular complexity index is 235. The number of rotatable bonds is 6. The summed E-state index contributed by atoms with van der Waals surface area (Å²) in [6.07, 6.45) is 0. The van der Waals surface area contributed by atoms with Gasteiger partial charge in [-0.25, -0.2) is 0 Å². The Hall–Kier alpha value is -1.12. The Morgan fingerprint density at radius 2 is 2.20 bits per heavy atom. The van der Waals surface area contributed by atoms with E-state index >= 15 is 0 Å². The van der Waals surface area contributed by atoms with Crippen LogP contribution in [0.15, 0.2) is 0 Å². The first-order valence-electron chi connectivity index (χ1n) is 4.86. The highest BCUT2D eigenvalue weighted by atomic mass is 16.5. The fourth-order valence-electron chi connectivity index (χ4n) is 1.14. The SMILES string of the molecule is COCC(CO)NC(=O)C(C#N)C(C)C. The van der Waals surface area contributed by atoms with Gasteiger partial charge in [-0.2, -0.15) is 5.26 Å². The first-order chi connectivity index (χ1) is 7.06. The van der Waals surface area contributed by atoms with Gasteiger partial charge >= 0.3 is 0 Å². The molecule has 2 atom stereocenters. The van der Waals surface area contributed by atoms with Crippen LogP contribution in [0.5, 0.6) is 0 Å². The molecule has 0 radical (unpaired) electrons. The molecule has 0 spiro atoms. The lowest BCUT2D eigenvalue weighted by molar-refractivity contribution is -0.125. The molecule has 0 aromatic rings. The van der Waals surface area contributed by atoms with E-state index in [9.17, 15) is 4.79 Å². The van der Waals surface area contributed by atoms with Gasteiger partial charge in [-0.15, -0.1) is 0 Å². The van der Waals surface area contributed by atoms with Gasteiger partial charge in [0.15, 0.2) is 0 Å². The molecule has 0 heterocycles. The smallest absolute Gasteiger partial charge is 0.237 e. The summed E-state index contributed by atoms with van der Waals surface area (Å²) in [5.41, 5.74) is 0. The molecule has 2 unspecified atom stereocenters. The van der Waals surface area contributed by atoms with E-state index in [-0.39, 0.29) is 25.0 Å². The lowest BCUT2D eigenvalue weighted by atomic mass is 9.96. The van der Waals surface area contributed by atoms with Crippen LogP contribution in [-0.2, 0) is 9.53 Å². The van der Waals surface area contributed by atoms with E-state index < -0.39 is 12.0 Å². The Morgan fingerprint density at radius 3 is 2.53 bits per heavy atom. The van der Waals surface area contributed by atoms with Gasteiger partial charge in [-0.1, -0.05) is 13.8 Å². The van der Waals surface area contributed by atoms with Crippen LogP contribution < -0.4 is 5.32 Å². The summed E-state index contributed by atoms with van der Waals surface area (Å²) in [5, 5.41) is 20.3. The third-order valence-electron chi connectivity index (χ3n) is 2.02. The number of methoxy groups -OCH3 is 1. The zero-order valence-corrected chi connectivity index (χ0v) is 9.36. The standard InChI is InChI=1S/C10H18N2O3/c1-7(2)9(4-11)10(14)12-8(5-13)6-15-3/h7-9,13H,5-6H2,1-3H3,(H,12,14). The van der Waals surface area contributed by atoms with Gasteiger partial charge in [0.05, 0.1) is 25.3 Å². The molecule has 15 heavy (non-hydrogen) atoms. The minimum Gasteiger partial charge on any atom is -0.394 e. The molecule has 0 aliphatic heterocycles. The van der Waals surface area contributed by atoms with E-state index in [0.29, 0.717) is 0 Å². The number of amides is 1. The maximum Gasteiger partial charge on any atom is 0.237 e. The summed E-state index contributed by atoms with van der Waals surface area (Å²) in [6.45, 7) is 3.64. The van der Waals surface area contributed by atoms with Crippen LogP contribution in [0.25, 0.3) is 0 Å². The number of carbonyl (C=O) groups is 1. The second-order valence-corrected chi connectivity index (χ2v) is 3.69. The van der Waals surface area contributed by atoms with Crippen molar-refractivity contribution in [1.82, 2.24) is 5.32 Å². The van der Waals surface area contributed by atoms with Crippen molar-refractivity contribution in [3.8, 4) is 6.07 Å². The topological polar surface area (TPSA) is 82.3 Å². The molecule has 5 nitrogen and oxygen atoms in total. The number of carbonyl (C=O) groups excluding carboxylic acids is 1. The number of nitrogens with zero attached hydrogens (tertiary/aromatic N) is 1. The number of ether oxygens (including phenoxy) is 1. The van der Waals surface area contributed by atoms with Crippen molar-refractivity contribution in [2.75, 3.05) is 20.3 Å². The van der Waals surface area contributed by atoms with Gasteiger partial charge < -0.3 is 15.2 Å². The first kappa shape index (κ1) is 13.9. The zero-order valence-electron chi connectivity index (χ0n) is 9.36. The van der Waals surface area contributed by atoms with Crippen LogP contribution in [0.3, 0.4) is 0 Å². The van der Waals surface area contributed by atoms with Crippen molar-refractivity contribution < 1.29 is 14.6 Å². The largest absolute Gasteiger partial charge is 0.394 e. The molecule has 2 N–H and O–H groups in total. The fourth-order valence-corrected chi connectivity index (χ4v) is 1.14. The molecule has 1 amide bonds. The normalized spacial score (nSPS) is 14.4. The Kier molecular flexibility index (Phi) is 6.67. The third kappa shape index (κ3) is 4.77. The number of aliphatic hydroxyl groups excluding tert-OH is 1. The van der Waals surface area contributed by atoms with Crippen molar-refractivity contribution >= 4 is 5.91 Å². The predicted molar refractivity (Wildman–Crippen MR) is 54.8 cm³/mol. The van der Waals surface area contributed by atoms with Crippen molar-refractivity contribution in [3.05, 3.63) is 0 Å². The average Bonchev–Trinajstić information content (AvgIpc) is 2.17. The second kappa shape index (κ2) is 7.21. The first-order valence-corrected chi connectivity index (χ1v) is 4.86. The molecule has 0 aliphatic carbocycles. The number of aliphatic hydroxyl groups is 1. The summed E-state index contributed by atoms with van der Waals surface area (Å²) < 4.78 is 4.81. The summed E-state index contributed by atoms with van der Waals surface area (Å²) in [7, 11) is 1.49. The number of hydrogen-bond donors (Lipinski definition) is 2. The Morgan fingerprint density at radius 1 is 1.60 bits per heavy atom. The van der Waals surface area contributed by atoms with Crippen molar-refractivity contribution in [2.45, 2.75) is 19.9 Å². The van der Waals surface area contributed by atoms with Gasteiger partial charge in [0.1, 0.15) is 5.92 Å². The molecular weight excluding hydrogens is 196 g/mol. The van der Waals surface area contributed by atoms with E-state index in [4.69, 9.17) is 15.1 Å². The van der Waals surface area contributed by atoms with E-state index in [2.05, 4.69) is 5.32 Å². The molecule has 0 aliphatic rings. The van der Waals surface area contributed by atoms with Crippen LogP contribution >= 0.6 is 0 Å². The summed E-state index contributed by atoms with van der Waals surface area (Å²) in [6, 6.07) is 1.49. The van der Waals surface area contributed by atoms with Crippen molar-refractivity contribution in [1.29, 1.82) is 5.26 Å². The molecule has 0 rings (SSSR count). The number of hydrogen-bond acceptors (Lipinski definition) is 4. The van der Waals surface area contributed by atoms with E-state index in [0.717, 1.165) is 0 Å². The second-order valence-electron chi connectivity index (χ2n) is 3.69. The molecule has 0 bridgehead atoms. The molecule has 0 saturated heterocycles. The lowest BCUT2D eigenvalue weighted by Gasteiger charge is -2.18. The maximum absolute atomic E-state index is 11.6. The third-order valence-corrected chi connectivity index (χ3v) is 2.02. The van der Waals surface area contributed by atoms with Gasteiger partial charge in [0.25, 0.3) is 0 Å². The highest BCUT2D eigenvalue weighted by Crippen LogP contribution is 2.09. The molecule has 0 aromatic carbocycles. The number of nitrogens with one attached hydrogen (secondary N) is 1. The van der Waals surface area contributed by atoms with Crippen LogP contribution in [0, 0.1) is 23.2 Å². The Labute approximate surface area is 90.0 Å². The molecule has 0 aromatic heterocycles. The molecule has 0 saturated carbocycles. The van der Waals surface area contributed by atoms with Gasteiger partial charge in [-0.05, 0) is 5.92 Å². The highest BCUT2D eigenvalue weighted by molar-refractivity contribution is 5.81. The molecule has 5 heteroatoms. The van der Waals surface area contributed by atoms with Gasteiger partial charge in [0.2, 0.25) is 5.91 Å². The lowest BCUT2D eigenvalue weighted by Crippen LogP contribution is -2.44. The predicted octanol–water partition coefficient (Wildman–Crippen LogP) is -0.0943. The molecular formula is C10H18N2O3. The van der Waals surface area contributed by atoms with E-state index in [1.807, 2.05) is 6.07 Å². The van der Waals surface area contributed by atoms with E-state index in [1.165, 1.54) is 7.11 Å². The van der Waals surface area contributed by atoms with Crippen molar-refractivity contribution in [2.24, 2.45) is 11.8 Å². The van der Waals surface area contributed by atoms with E-state index in [1.54, 1.807) is 13.8 Å². The quantitative estimate of drug-likeness (QED) is 0.647. The summed E-state index contributed by atoms with van der Waals surface area (Å²) in [4.78, 5) is 11.6. The van der Waals surface area contributed by atoms with Crippen LogP contribution in [-0.4, -0.2) is 37.4 Å². The Balaban J connectivity index is 4.26.